The molecule has 2 aromatic rings. The zero-order valence-corrected chi connectivity index (χ0v) is 11.7. The van der Waals surface area contributed by atoms with Gasteiger partial charge < -0.3 is 5.11 Å². The van der Waals surface area contributed by atoms with Gasteiger partial charge in [-0.05, 0) is 31.2 Å². The average Bonchev–Trinajstić information content (AvgIpc) is 2.34. The van der Waals surface area contributed by atoms with Crippen LogP contribution in [0, 0.1) is 6.92 Å². The molecule has 0 aromatic heterocycles. The highest BCUT2D eigenvalue weighted by atomic mass is 35.5. The van der Waals surface area contributed by atoms with Crippen LogP contribution in [0.5, 0.6) is 5.75 Å². The van der Waals surface area contributed by atoms with Crippen molar-refractivity contribution in [1.82, 2.24) is 0 Å². The molecule has 2 aromatic carbocycles. The van der Waals surface area contributed by atoms with Gasteiger partial charge in [-0.15, -0.1) is 0 Å². The summed E-state index contributed by atoms with van der Waals surface area (Å²) >= 11 is 5.66. The molecule has 6 heteroatoms. The van der Waals surface area contributed by atoms with Gasteiger partial charge in [0.25, 0.3) is 10.0 Å². The molecule has 0 bridgehead atoms. The van der Waals surface area contributed by atoms with Crippen LogP contribution in [0.2, 0.25) is 5.02 Å². The molecule has 4 nitrogen and oxygen atoms in total. The maximum absolute atomic E-state index is 12.1. The summed E-state index contributed by atoms with van der Waals surface area (Å²) < 4.78 is 26.5. The monoisotopic (exact) mass is 297 g/mol. The Morgan fingerprint density at radius 2 is 1.74 bits per heavy atom. The molecule has 0 radical (unpaired) electrons. The lowest BCUT2D eigenvalue weighted by Gasteiger charge is -2.09. The maximum Gasteiger partial charge on any atom is 0.261 e. The Hall–Kier alpha value is -1.72. The molecule has 0 heterocycles. The summed E-state index contributed by atoms with van der Waals surface area (Å²) in [6.45, 7) is 1.88. The van der Waals surface area contributed by atoms with Crippen LogP contribution in [0.15, 0.2) is 47.4 Å². The molecule has 0 unspecified atom stereocenters. The van der Waals surface area contributed by atoms with Crippen molar-refractivity contribution < 1.29 is 13.5 Å². The number of sulfonamides is 1. The van der Waals surface area contributed by atoms with Gasteiger partial charge >= 0.3 is 0 Å². The second kappa shape index (κ2) is 5.11. The first-order valence-electron chi connectivity index (χ1n) is 5.46. The molecule has 0 fully saturated rings. The number of hydrogen-bond acceptors (Lipinski definition) is 3. The van der Waals surface area contributed by atoms with Crippen LogP contribution in [-0.4, -0.2) is 13.5 Å². The van der Waals surface area contributed by atoms with Gasteiger partial charge in [0.15, 0.2) is 0 Å². The molecule has 0 saturated heterocycles. The molecule has 2 rings (SSSR count). The number of phenols is 1. The number of anilines is 1. The molecule has 0 amide bonds. The maximum atomic E-state index is 12.1. The average molecular weight is 298 g/mol. The van der Waals surface area contributed by atoms with E-state index in [1.165, 1.54) is 30.3 Å². The lowest BCUT2D eigenvalue weighted by Crippen LogP contribution is -2.12. The van der Waals surface area contributed by atoms with Crippen molar-refractivity contribution in [2.24, 2.45) is 0 Å². The van der Waals surface area contributed by atoms with E-state index < -0.39 is 10.0 Å². The Kier molecular flexibility index (Phi) is 3.68. The van der Waals surface area contributed by atoms with E-state index in [-0.39, 0.29) is 21.4 Å². The van der Waals surface area contributed by atoms with E-state index >= 15 is 0 Å². The van der Waals surface area contributed by atoms with E-state index in [4.69, 9.17) is 11.6 Å². The first-order valence-corrected chi connectivity index (χ1v) is 7.32. The van der Waals surface area contributed by atoms with Crippen molar-refractivity contribution in [3.05, 3.63) is 53.1 Å². The van der Waals surface area contributed by atoms with Gasteiger partial charge in [-0.3, -0.25) is 4.72 Å². The number of phenolic OH excluding ortho intramolecular Hbond substituents is 1. The first kappa shape index (κ1) is 13.7. The molecule has 0 saturated carbocycles. The van der Waals surface area contributed by atoms with Crippen LogP contribution in [0.25, 0.3) is 0 Å². The summed E-state index contributed by atoms with van der Waals surface area (Å²) in [5.74, 6) is -0.175. The predicted molar refractivity (Wildman–Crippen MR) is 75.1 cm³/mol. The number of nitrogens with one attached hydrogen (secondary N) is 1. The van der Waals surface area contributed by atoms with E-state index in [0.29, 0.717) is 0 Å². The highest BCUT2D eigenvalue weighted by Gasteiger charge is 2.14. The molecule has 2 N–H and O–H groups in total. The fraction of sp³-hybridized carbons (Fsp3) is 0.0769. The Labute approximate surface area is 116 Å². The van der Waals surface area contributed by atoms with Crippen LogP contribution < -0.4 is 4.72 Å². The van der Waals surface area contributed by atoms with Gasteiger partial charge in [0, 0.05) is 6.07 Å². The fourth-order valence-electron chi connectivity index (χ4n) is 1.51. The van der Waals surface area contributed by atoms with Gasteiger partial charge in [0.2, 0.25) is 0 Å². The smallest absolute Gasteiger partial charge is 0.261 e. The summed E-state index contributed by atoms with van der Waals surface area (Å²) in [5, 5.41) is 9.60. The fourth-order valence-corrected chi connectivity index (χ4v) is 2.67. The number of halogens is 1. The van der Waals surface area contributed by atoms with Gasteiger partial charge in [0.1, 0.15) is 5.75 Å². The molecule has 0 atom stereocenters. The minimum absolute atomic E-state index is 0.160. The summed E-state index contributed by atoms with van der Waals surface area (Å²) in [4.78, 5) is 0.160. The molecule has 100 valence electrons. The minimum atomic E-state index is -3.66. The number of aromatic hydroxyl groups is 1. The van der Waals surface area contributed by atoms with Crippen LogP contribution in [-0.2, 0) is 10.0 Å². The van der Waals surface area contributed by atoms with Gasteiger partial charge in [0.05, 0.1) is 15.6 Å². The molecule has 0 aliphatic rings. The summed E-state index contributed by atoms with van der Waals surface area (Å²) in [5.41, 5.74) is 1.23. The Bertz CT molecular complexity index is 696. The lowest BCUT2D eigenvalue weighted by atomic mass is 10.2. The second-order valence-electron chi connectivity index (χ2n) is 4.08. The van der Waals surface area contributed by atoms with E-state index in [1.54, 1.807) is 12.1 Å². The van der Waals surface area contributed by atoms with Crippen molar-refractivity contribution in [3.63, 3.8) is 0 Å². The van der Waals surface area contributed by atoms with Crippen molar-refractivity contribution in [2.75, 3.05) is 4.72 Å². The van der Waals surface area contributed by atoms with Gasteiger partial charge in [-0.25, -0.2) is 8.42 Å². The van der Waals surface area contributed by atoms with Crippen LogP contribution in [0.1, 0.15) is 5.56 Å². The minimum Gasteiger partial charge on any atom is -0.506 e. The van der Waals surface area contributed by atoms with E-state index in [0.717, 1.165) is 5.56 Å². The third-order valence-corrected chi connectivity index (χ3v) is 4.25. The predicted octanol–water partition coefficient (Wildman–Crippen LogP) is 3.15. The van der Waals surface area contributed by atoms with Gasteiger partial charge in [-0.1, -0.05) is 29.3 Å². The number of rotatable bonds is 3. The summed E-state index contributed by atoms with van der Waals surface area (Å²) in [7, 11) is -3.66. The lowest BCUT2D eigenvalue weighted by molar-refractivity contribution is 0.476. The normalized spacial score (nSPS) is 11.3. The van der Waals surface area contributed by atoms with Gasteiger partial charge in [-0.2, -0.15) is 0 Å². The summed E-state index contributed by atoms with van der Waals surface area (Å²) in [6, 6.07) is 10.6. The van der Waals surface area contributed by atoms with Crippen LogP contribution >= 0.6 is 11.6 Å². The molecular formula is C13H12ClNO3S. The van der Waals surface area contributed by atoms with Crippen molar-refractivity contribution in [3.8, 4) is 5.75 Å². The molecule has 0 aliphatic carbocycles. The molecule has 0 spiro atoms. The standard InChI is InChI=1S/C13H12ClNO3S/c1-9-2-5-11(6-3-9)19(17,18)15-10-4-7-12(14)13(16)8-10/h2-8,15-16H,1H3. The Morgan fingerprint density at radius 3 is 2.32 bits per heavy atom. The third kappa shape index (κ3) is 3.19. The highest BCUT2D eigenvalue weighted by molar-refractivity contribution is 7.92. The van der Waals surface area contributed by atoms with Crippen molar-refractivity contribution in [1.29, 1.82) is 0 Å². The zero-order chi connectivity index (χ0) is 14.0. The molecule has 19 heavy (non-hydrogen) atoms. The Morgan fingerprint density at radius 1 is 1.11 bits per heavy atom. The van der Waals surface area contributed by atoms with Crippen LogP contribution in [0.3, 0.4) is 0 Å². The SMILES string of the molecule is Cc1ccc(S(=O)(=O)Nc2ccc(Cl)c(O)c2)cc1. The van der Waals surface area contributed by atoms with E-state index in [2.05, 4.69) is 4.72 Å². The van der Waals surface area contributed by atoms with Crippen LogP contribution in [0.4, 0.5) is 5.69 Å². The van der Waals surface area contributed by atoms with E-state index in [1.807, 2.05) is 6.92 Å². The number of benzene rings is 2. The first-order chi connectivity index (χ1) is 8.88. The topological polar surface area (TPSA) is 66.4 Å². The third-order valence-electron chi connectivity index (χ3n) is 2.53. The number of hydrogen-bond donors (Lipinski definition) is 2. The quantitative estimate of drug-likeness (QED) is 0.914. The Balaban J connectivity index is 2.30. The van der Waals surface area contributed by atoms with E-state index in [9.17, 15) is 13.5 Å². The van der Waals surface area contributed by atoms with Crippen molar-refractivity contribution >= 4 is 27.3 Å². The van der Waals surface area contributed by atoms with Crippen molar-refractivity contribution in [2.45, 2.75) is 11.8 Å². The number of aryl methyl sites for hydroxylation is 1. The second-order valence-corrected chi connectivity index (χ2v) is 6.17. The zero-order valence-electron chi connectivity index (χ0n) is 10.1. The largest absolute Gasteiger partial charge is 0.506 e. The highest BCUT2D eigenvalue weighted by Crippen LogP contribution is 2.27. The molecular weight excluding hydrogens is 286 g/mol. The molecule has 0 aliphatic heterocycles. The summed E-state index contributed by atoms with van der Waals surface area (Å²) in [6.07, 6.45) is 0.